The molecule has 1 aromatic rings. The predicted molar refractivity (Wildman–Crippen MR) is 51.2 cm³/mol. The van der Waals surface area contributed by atoms with Crippen LogP contribution < -0.4 is 4.74 Å². The first kappa shape index (κ1) is 8.76. The number of aryl methyl sites for hydroxylation is 1. The Hall–Kier alpha value is -1.82. The third-order valence-corrected chi connectivity index (χ3v) is 2.29. The number of nitrogens with zero attached hydrogens (tertiary/aromatic N) is 1. The van der Waals surface area contributed by atoms with E-state index < -0.39 is 0 Å². The van der Waals surface area contributed by atoms with Gasteiger partial charge in [0.05, 0.1) is 0 Å². The third kappa shape index (κ3) is 1.47. The quantitative estimate of drug-likeness (QED) is 0.663. The Bertz CT molecular complexity index is 418. The number of benzene rings is 1. The van der Waals surface area contributed by atoms with E-state index in [-0.39, 0.29) is 12.5 Å². The monoisotopic (exact) mass is 187 g/mol. The summed E-state index contributed by atoms with van der Waals surface area (Å²) in [5.74, 6) is 0.881. The molecule has 0 aliphatic heterocycles. The van der Waals surface area contributed by atoms with Gasteiger partial charge in [-0.25, -0.2) is 6.57 Å². The fourth-order valence-electron chi connectivity index (χ4n) is 1.63. The van der Waals surface area contributed by atoms with Crippen LogP contribution >= 0.6 is 0 Å². The molecule has 2 rings (SSSR count). The minimum atomic E-state index is 0.0345. The summed E-state index contributed by atoms with van der Waals surface area (Å²) in [6.45, 7) is 6.62. The molecule has 0 bridgehead atoms. The van der Waals surface area contributed by atoms with Gasteiger partial charge in [0.1, 0.15) is 5.75 Å². The lowest BCUT2D eigenvalue weighted by Crippen LogP contribution is -1.94. The maximum absolute atomic E-state index is 11.3. The molecule has 1 aliphatic carbocycles. The van der Waals surface area contributed by atoms with Crippen molar-refractivity contribution in [3.63, 3.8) is 0 Å². The van der Waals surface area contributed by atoms with Gasteiger partial charge in [0.15, 0.2) is 5.78 Å². The summed E-state index contributed by atoms with van der Waals surface area (Å²) in [6, 6.07) is 5.38. The fourth-order valence-corrected chi connectivity index (χ4v) is 1.63. The van der Waals surface area contributed by atoms with Crippen LogP contribution in [0.15, 0.2) is 18.2 Å². The van der Waals surface area contributed by atoms with Gasteiger partial charge in [-0.05, 0) is 30.2 Å². The lowest BCUT2D eigenvalue weighted by atomic mass is 10.1. The molecule has 3 nitrogen and oxygen atoms in total. The number of Topliss-reactive ketones (excluding diaryl/α,β-unsaturated/α-hetero) is 1. The van der Waals surface area contributed by atoms with Crippen molar-refractivity contribution in [3.8, 4) is 5.75 Å². The van der Waals surface area contributed by atoms with Crippen LogP contribution in [-0.4, -0.2) is 12.5 Å². The van der Waals surface area contributed by atoms with E-state index in [4.69, 9.17) is 11.3 Å². The molecule has 1 aromatic carbocycles. The first-order chi connectivity index (χ1) is 6.81. The van der Waals surface area contributed by atoms with Crippen LogP contribution in [0.5, 0.6) is 5.75 Å². The second-order valence-corrected chi connectivity index (χ2v) is 3.17. The number of ether oxygens (including phenoxy) is 1. The average molecular weight is 187 g/mol. The molecule has 14 heavy (non-hydrogen) atoms. The Balaban J connectivity index is 2.25. The largest absolute Gasteiger partial charge is 0.426 e. The molecule has 0 aromatic heterocycles. The summed E-state index contributed by atoms with van der Waals surface area (Å²) in [5.41, 5.74) is 1.85. The van der Waals surface area contributed by atoms with Crippen molar-refractivity contribution < 1.29 is 9.53 Å². The summed E-state index contributed by atoms with van der Waals surface area (Å²) in [4.78, 5) is 14.4. The van der Waals surface area contributed by atoms with Crippen LogP contribution in [0.4, 0.5) is 0 Å². The van der Waals surface area contributed by atoms with Gasteiger partial charge in [0, 0.05) is 12.0 Å². The number of hydrogen-bond donors (Lipinski definition) is 0. The van der Waals surface area contributed by atoms with Gasteiger partial charge in [0.2, 0.25) is 0 Å². The van der Waals surface area contributed by atoms with Crippen molar-refractivity contribution in [1.29, 1.82) is 0 Å². The highest BCUT2D eigenvalue weighted by Gasteiger charge is 2.19. The minimum absolute atomic E-state index is 0.0345. The second kappa shape index (κ2) is 3.51. The minimum Gasteiger partial charge on any atom is -0.426 e. The number of carbonyl (C=O) groups excluding carboxylic acids is 1. The smallest absolute Gasteiger partial charge is 0.357 e. The van der Waals surface area contributed by atoms with Gasteiger partial charge in [0.25, 0.3) is 0 Å². The molecule has 0 spiro atoms. The van der Waals surface area contributed by atoms with E-state index in [1.54, 1.807) is 12.1 Å². The van der Waals surface area contributed by atoms with Crippen molar-refractivity contribution in [2.45, 2.75) is 12.8 Å². The van der Waals surface area contributed by atoms with Crippen molar-refractivity contribution in [1.82, 2.24) is 0 Å². The Labute approximate surface area is 82.1 Å². The topological polar surface area (TPSA) is 30.7 Å². The van der Waals surface area contributed by atoms with Gasteiger partial charge in [-0.1, -0.05) is 0 Å². The van der Waals surface area contributed by atoms with Crippen LogP contribution in [0.1, 0.15) is 22.3 Å². The summed E-state index contributed by atoms with van der Waals surface area (Å²) >= 11 is 0. The Morgan fingerprint density at radius 3 is 3.07 bits per heavy atom. The van der Waals surface area contributed by atoms with Gasteiger partial charge >= 0.3 is 6.73 Å². The highest BCUT2D eigenvalue weighted by molar-refractivity contribution is 6.00. The average Bonchev–Trinajstić information content (AvgIpc) is 2.57. The SMILES string of the molecule is [C-]#[N+]COc1ccc2c(c1)CCC2=O. The van der Waals surface area contributed by atoms with Gasteiger partial charge in [-0.15, -0.1) is 0 Å². The van der Waals surface area contributed by atoms with Gasteiger partial charge in [-0.2, -0.15) is 0 Å². The van der Waals surface area contributed by atoms with Crippen LogP contribution in [0.3, 0.4) is 0 Å². The van der Waals surface area contributed by atoms with Crippen molar-refractivity contribution >= 4 is 5.78 Å². The number of fused-ring (bicyclic) bond motifs is 1. The van der Waals surface area contributed by atoms with E-state index in [0.717, 1.165) is 17.5 Å². The van der Waals surface area contributed by atoms with Crippen LogP contribution in [-0.2, 0) is 6.42 Å². The summed E-state index contributed by atoms with van der Waals surface area (Å²) < 4.78 is 5.15. The van der Waals surface area contributed by atoms with Crippen LogP contribution in [0.25, 0.3) is 4.85 Å². The second-order valence-electron chi connectivity index (χ2n) is 3.17. The molecule has 0 saturated heterocycles. The third-order valence-electron chi connectivity index (χ3n) is 2.29. The molecule has 0 N–H and O–H groups in total. The number of hydrogen-bond acceptors (Lipinski definition) is 2. The molecule has 70 valence electrons. The van der Waals surface area contributed by atoms with Crippen LogP contribution in [0.2, 0.25) is 0 Å². The molecule has 3 heteroatoms. The Morgan fingerprint density at radius 1 is 1.43 bits per heavy atom. The highest BCUT2D eigenvalue weighted by Crippen LogP contribution is 2.25. The molecule has 0 unspecified atom stereocenters. The molecule has 0 saturated carbocycles. The summed E-state index contributed by atoms with van der Waals surface area (Å²) in [5, 5.41) is 0. The molecule has 0 atom stereocenters. The summed E-state index contributed by atoms with van der Waals surface area (Å²) in [6.07, 6.45) is 1.39. The lowest BCUT2D eigenvalue weighted by Gasteiger charge is -2.01. The molecule has 0 amide bonds. The van der Waals surface area contributed by atoms with Crippen LogP contribution in [0, 0.1) is 6.57 Å². The number of carbonyl (C=O) groups is 1. The molecule has 1 aliphatic rings. The van der Waals surface area contributed by atoms with E-state index >= 15 is 0 Å². The van der Waals surface area contributed by atoms with Gasteiger partial charge in [-0.3, -0.25) is 9.64 Å². The van der Waals surface area contributed by atoms with Crippen molar-refractivity contribution in [2.24, 2.45) is 0 Å². The molecule has 0 radical (unpaired) electrons. The Kier molecular flexibility index (Phi) is 2.19. The van der Waals surface area contributed by atoms with Crippen molar-refractivity contribution in [2.75, 3.05) is 6.73 Å². The predicted octanol–water partition coefficient (Wildman–Crippen LogP) is 2.07. The normalized spacial score (nSPS) is 13.5. The zero-order valence-electron chi connectivity index (χ0n) is 7.62. The highest BCUT2D eigenvalue weighted by atomic mass is 16.5. The molecular weight excluding hydrogens is 178 g/mol. The summed E-state index contributed by atoms with van der Waals surface area (Å²) in [7, 11) is 0. The zero-order chi connectivity index (χ0) is 9.97. The van der Waals surface area contributed by atoms with Crippen molar-refractivity contribution in [3.05, 3.63) is 40.7 Å². The number of rotatable bonds is 2. The van der Waals surface area contributed by atoms with E-state index in [1.165, 1.54) is 0 Å². The standard InChI is InChI=1S/C11H9NO2/c1-12-7-14-9-3-4-10-8(6-9)2-5-11(10)13/h3-4,6H,2,5,7H2. The van der Waals surface area contributed by atoms with E-state index in [9.17, 15) is 4.79 Å². The molecule has 0 heterocycles. The fraction of sp³-hybridized carbons (Fsp3) is 0.273. The Morgan fingerprint density at radius 2 is 2.29 bits per heavy atom. The lowest BCUT2D eigenvalue weighted by molar-refractivity contribution is 0.0994. The maximum atomic E-state index is 11.3. The first-order valence-corrected chi connectivity index (χ1v) is 4.43. The maximum Gasteiger partial charge on any atom is 0.357 e. The van der Waals surface area contributed by atoms with E-state index in [2.05, 4.69) is 4.85 Å². The number of ketones is 1. The molecule has 0 fully saturated rings. The van der Waals surface area contributed by atoms with E-state index in [1.807, 2.05) is 6.07 Å². The van der Waals surface area contributed by atoms with Gasteiger partial charge < -0.3 is 4.74 Å². The molecular formula is C11H9NO2. The van der Waals surface area contributed by atoms with E-state index in [0.29, 0.717) is 12.2 Å². The first-order valence-electron chi connectivity index (χ1n) is 4.43. The zero-order valence-corrected chi connectivity index (χ0v) is 7.62.